The van der Waals surface area contributed by atoms with E-state index in [9.17, 15) is 14.4 Å². The van der Waals surface area contributed by atoms with Crippen LogP contribution in [0.4, 0.5) is 5.69 Å². The summed E-state index contributed by atoms with van der Waals surface area (Å²) in [7, 11) is 0. The van der Waals surface area contributed by atoms with Crippen molar-refractivity contribution in [3.05, 3.63) is 64.7 Å². The molecule has 28 heavy (non-hydrogen) atoms. The largest absolute Gasteiger partial charge is 0.332 e. The van der Waals surface area contributed by atoms with Gasteiger partial charge in [0.25, 0.3) is 5.91 Å². The molecule has 1 aliphatic heterocycles. The SMILES string of the molecule is CC(=O)N1CC[NH+](CC(=O)Nc2ccc(Cl)cc2C(=O)c2ccccc2)CC1. The lowest BCUT2D eigenvalue weighted by molar-refractivity contribution is -0.895. The van der Waals surface area contributed by atoms with Crippen molar-refractivity contribution in [2.45, 2.75) is 6.92 Å². The van der Waals surface area contributed by atoms with Crippen LogP contribution in [0.5, 0.6) is 0 Å². The summed E-state index contributed by atoms with van der Waals surface area (Å²) in [5, 5.41) is 3.28. The highest BCUT2D eigenvalue weighted by Gasteiger charge is 2.24. The van der Waals surface area contributed by atoms with Crippen LogP contribution >= 0.6 is 11.6 Å². The minimum Gasteiger partial charge on any atom is -0.332 e. The van der Waals surface area contributed by atoms with Gasteiger partial charge in [-0.3, -0.25) is 14.4 Å². The van der Waals surface area contributed by atoms with Crippen molar-refractivity contribution >= 4 is 34.9 Å². The maximum absolute atomic E-state index is 12.8. The van der Waals surface area contributed by atoms with Gasteiger partial charge >= 0.3 is 0 Å². The van der Waals surface area contributed by atoms with E-state index in [4.69, 9.17) is 11.6 Å². The first-order valence-corrected chi connectivity index (χ1v) is 9.60. The van der Waals surface area contributed by atoms with Gasteiger partial charge in [-0.15, -0.1) is 0 Å². The van der Waals surface area contributed by atoms with Gasteiger partial charge in [-0.1, -0.05) is 41.9 Å². The monoisotopic (exact) mass is 400 g/mol. The Kier molecular flexibility index (Phi) is 6.44. The van der Waals surface area contributed by atoms with Crippen LogP contribution in [-0.2, 0) is 9.59 Å². The normalized spacial score (nSPS) is 14.6. The number of carbonyl (C=O) groups is 3. The molecule has 1 aliphatic rings. The number of hydrogen-bond donors (Lipinski definition) is 2. The van der Waals surface area contributed by atoms with Crippen molar-refractivity contribution in [3.8, 4) is 0 Å². The van der Waals surface area contributed by atoms with E-state index in [1.54, 1.807) is 54.3 Å². The quantitative estimate of drug-likeness (QED) is 0.742. The maximum Gasteiger partial charge on any atom is 0.279 e. The van der Waals surface area contributed by atoms with Crippen molar-refractivity contribution in [2.24, 2.45) is 0 Å². The predicted molar refractivity (Wildman–Crippen MR) is 108 cm³/mol. The third-order valence-electron chi connectivity index (χ3n) is 4.86. The molecule has 2 amide bonds. The molecule has 2 aromatic rings. The predicted octanol–water partition coefficient (Wildman–Crippen LogP) is 1.26. The van der Waals surface area contributed by atoms with Crippen molar-refractivity contribution in [1.29, 1.82) is 0 Å². The van der Waals surface area contributed by atoms with Crippen LogP contribution in [0.1, 0.15) is 22.8 Å². The third-order valence-corrected chi connectivity index (χ3v) is 5.10. The molecule has 2 aromatic carbocycles. The summed E-state index contributed by atoms with van der Waals surface area (Å²) in [6.45, 7) is 4.59. The number of halogens is 1. The minimum absolute atomic E-state index is 0.0636. The zero-order valence-electron chi connectivity index (χ0n) is 15.7. The first-order valence-electron chi connectivity index (χ1n) is 9.22. The van der Waals surface area contributed by atoms with E-state index in [-0.39, 0.29) is 24.1 Å². The number of rotatable bonds is 5. The zero-order valence-corrected chi connectivity index (χ0v) is 16.5. The number of carbonyl (C=O) groups excluding carboxylic acids is 3. The number of piperazine rings is 1. The van der Waals surface area contributed by atoms with E-state index < -0.39 is 0 Å². The molecule has 2 N–H and O–H groups in total. The molecule has 7 heteroatoms. The number of anilines is 1. The van der Waals surface area contributed by atoms with E-state index in [2.05, 4.69) is 5.32 Å². The van der Waals surface area contributed by atoms with Gasteiger partial charge in [0, 0.05) is 23.1 Å². The molecule has 0 aromatic heterocycles. The number of amides is 2. The van der Waals surface area contributed by atoms with Crippen molar-refractivity contribution in [1.82, 2.24) is 4.90 Å². The van der Waals surface area contributed by atoms with Gasteiger partial charge in [-0.05, 0) is 18.2 Å². The molecule has 0 saturated carbocycles. The molecule has 0 bridgehead atoms. The molecule has 1 saturated heterocycles. The summed E-state index contributed by atoms with van der Waals surface area (Å²) >= 11 is 6.08. The number of benzene rings is 2. The van der Waals surface area contributed by atoms with Crippen LogP contribution in [0.15, 0.2) is 48.5 Å². The Hall–Kier alpha value is -2.70. The standard InChI is InChI=1S/C21H22ClN3O3/c1-15(26)25-11-9-24(10-12-25)14-20(27)23-19-8-7-17(22)13-18(19)21(28)16-5-3-2-4-6-16/h2-8,13H,9-12,14H2,1H3,(H,23,27)/p+1. The van der Waals surface area contributed by atoms with Crippen LogP contribution < -0.4 is 10.2 Å². The maximum atomic E-state index is 12.8. The number of ketones is 1. The molecule has 0 radical (unpaired) electrons. The first-order chi connectivity index (χ1) is 13.4. The molecule has 1 heterocycles. The van der Waals surface area contributed by atoms with E-state index in [1.807, 2.05) is 6.07 Å². The topological polar surface area (TPSA) is 70.9 Å². The van der Waals surface area contributed by atoms with Gasteiger partial charge in [0.05, 0.1) is 31.9 Å². The lowest BCUT2D eigenvalue weighted by Gasteiger charge is -2.31. The zero-order chi connectivity index (χ0) is 20.1. The lowest BCUT2D eigenvalue weighted by Crippen LogP contribution is -3.15. The average molecular weight is 401 g/mol. The summed E-state index contributed by atoms with van der Waals surface area (Å²) in [6, 6.07) is 13.8. The molecule has 146 valence electrons. The van der Waals surface area contributed by atoms with Crippen molar-refractivity contribution < 1.29 is 19.3 Å². The Balaban J connectivity index is 1.68. The van der Waals surface area contributed by atoms with Gasteiger partial charge in [-0.25, -0.2) is 0 Å². The van der Waals surface area contributed by atoms with Gasteiger partial charge < -0.3 is 15.1 Å². The molecule has 0 aliphatic carbocycles. The van der Waals surface area contributed by atoms with Crippen LogP contribution in [0.3, 0.4) is 0 Å². The summed E-state index contributed by atoms with van der Waals surface area (Å²) in [6.07, 6.45) is 0. The van der Waals surface area contributed by atoms with Gasteiger partial charge in [-0.2, -0.15) is 0 Å². The van der Waals surface area contributed by atoms with Crippen LogP contribution in [0.25, 0.3) is 0 Å². The van der Waals surface area contributed by atoms with Crippen LogP contribution in [0.2, 0.25) is 5.02 Å². The highest BCUT2D eigenvalue weighted by atomic mass is 35.5. The third kappa shape index (κ3) is 4.97. The second-order valence-electron chi connectivity index (χ2n) is 6.87. The molecule has 1 fully saturated rings. The number of nitrogens with zero attached hydrogens (tertiary/aromatic N) is 1. The summed E-state index contributed by atoms with van der Waals surface area (Å²) in [5.74, 6) is -0.301. The molecule has 3 rings (SSSR count). The molecule has 0 unspecified atom stereocenters. The Bertz CT molecular complexity index is 878. The second kappa shape index (κ2) is 8.99. The molecule has 6 nitrogen and oxygen atoms in total. The fourth-order valence-corrected chi connectivity index (χ4v) is 3.47. The Labute approximate surface area is 169 Å². The molecular weight excluding hydrogens is 378 g/mol. The Morgan fingerprint density at radius 3 is 2.39 bits per heavy atom. The van der Waals surface area contributed by atoms with E-state index in [1.165, 1.54) is 0 Å². The van der Waals surface area contributed by atoms with E-state index >= 15 is 0 Å². The van der Waals surface area contributed by atoms with Crippen molar-refractivity contribution in [2.75, 3.05) is 38.0 Å². The Morgan fingerprint density at radius 1 is 1.07 bits per heavy atom. The van der Waals surface area contributed by atoms with Gasteiger partial charge in [0.2, 0.25) is 5.91 Å². The fraction of sp³-hybridized carbons (Fsp3) is 0.286. The summed E-state index contributed by atoms with van der Waals surface area (Å²) in [4.78, 5) is 39.7. The molecule has 0 atom stereocenters. The molecule has 0 spiro atoms. The average Bonchev–Trinajstić information content (AvgIpc) is 2.70. The summed E-state index contributed by atoms with van der Waals surface area (Å²) < 4.78 is 0. The van der Waals surface area contributed by atoms with E-state index in [0.29, 0.717) is 34.9 Å². The fourth-order valence-electron chi connectivity index (χ4n) is 3.29. The Morgan fingerprint density at radius 2 is 1.75 bits per heavy atom. The number of hydrogen-bond acceptors (Lipinski definition) is 3. The van der Waals surface area contributed by atoms with Crippen molar-refractivity contribution in [3.63, 3.8) is 0 Å². The second-order valence-corrected chi connectivity index (χ2v) is 7.30. The van der Waals surface area contributed by atoms with E-state index in [0.717, 1.165) is 18.0 Å². The highest BCUT2D eigenvalue weighted by Crippen LogP contribution is 2.23. The highest BCUT2D eigenvalue weighted by molar-refractivity contribution is 6.31. The van der Waals surface area contributed by atoms with Crippen LogP contribution in [0, 0.1) is 0 Å². The number of quaternary nitrogens is 1. The van der Waals surface area contributed by atoms with Gasteiger partial charge in [0.15, 0.2) is 12.3 Å². The first kappa shape index (κ1) is 20.0. The van der Waals surface area contributed by atoms with Crippen LogP contribution in [-0.4, -0.2) is 55.2 Å². The minimum atomic E-state index is -0.194. The number of nitrogens with one attached hydrogen (secondary N) is 2. The molecular formula is C21H23ClN3O3+. The summed E-state index contributed by atoms with van der Waals surface area (Å²) in [5.41, 5.74) is 1.35. The smallest absolute Gasteiger partial charge is 0.279 e. The van der Waals surface area contributed by atoms with Gasteiger partial charge in [0.1, 0.15) is 0 Å². The lowest BCUT2D eigenvalue weighted by atomic mass is 10.0.